The van der Waals surface area contributed by atoms with Gasteiger partial charge in [0.1, 0.15) is 0 Å². The van der Waals surface area contributed by atoms with Gasteiger partial charge in [-0.3, -0.25) is 0 Å². The summed E-state index contributed by atoms with van der Waals surface area (Å²) in [6, 6.07) is 0. The zero-order valence-corrected chi connectivity index (χ0v) is 5.39. The highest BCUT2D eigenvalue weighted by atomic mass is 16.3. The van der Waals surface area contributed by atoms with Crippen molar-refractivity contribution in [2.24, 2.45) is 5.92 Å². The Morgan fingerprint density at radius 1 is 1.75 bits per heavy atom. The second-order valence-electron chi connectivity index (χ2n) is 1.98. The minimum atomic E-state index is -0.363. The molecule has 2 nitrogen and oxygen atoms in total. The molecule has 2 N–H and O–H groups in total. The molecule has 0 amide bonds. The molecule has 0 radical (unpaired) electrons. The van der Waals surface area contributed by atoms with Crippen LogP contribution in [0.25, 0.3) is 0 Å². The summed E-state index contributed by atoms with van der Waals surface area (Å²) in [5.74, 6) is 0.0509. The minimum absolute atomic E-state index is 0.0509. The van der Waals surface area contributed by atoms with Gasteiger partial charge in [-0.15, -0.1) is 0 Å². The lowest BCUT2D eigenvalue weighted by Gasteiger charge is -2.10. The molecule has 0 fully saturated rings. The lowest BCUT2D eigenvalue weighted by atomic mass is 10.0. The topological polar surface area (TPSA) is 44.1 Å². The maximum atomic E-state index is 8.86. The van der Waals surface area contributed by atoms with Gasteiger partial charge in [-0.1, -0.05) is 6.92 Å². The number of nitrogens with one attached hydrogen (secondary N) is 1. The smallest absolute Gasteiger partial charge is 0.0589 e. The third kappa shape index (κ3) is 2.07. The van der Waals surface area contributed by atoms with Gasteiger partial charge in [-0.25, -0.2) is 0 Å². The Hall–Kier alpha value is -0.370. The third-order valence-electron chi connectivity index (χ3n) is 1.31. The molecule has 0 aliphatic carbocycles. The van der Waals surface area contributed by atoms with E-state index in [9.17, 15) is 0 Å². The molecule has 0 rings (SSSR count). The second-order valence-corrected chi connectivity index (χ2v) is 1.98. The van der Waals surface area contributed by atoms with E-state index >= 15 is 0 Å². The zero-order valence-electron chi connectivity index (χ0n) is 5.39. The van der Waals surface area contributed by atoms with Gasteiger partial charge in [0.25, 0.3) is 0 Å². The third-order valence-corrected chi connectivity index (χ3v) is 1.31. The lowest BCUT2D eigenvalue weighted by Crippen LogP contribution is -2.16. The normalized spacial score (nSPS) is 17.4. The van der Waals surface area contributed by atoms with E-state index in [1.165, 1.54) is 6.21 Å². The fourth-order valence-corrected chi connectivity index (χ4v) is 0.598. The molecule has 0 aliphatic rings. The van der Waals surface area contributed by atoms with Crippen LogP contribution in [0.4, 0.5) is 0 Å². The molecule has 0 aromatic carbocycles. The highest BCUT2D eigenvalue weighted by Crippen LogP contribution is 2.03. The van der Waals surface area contributed by atoms with Crippen LogP contribution in [0.1, 0.15) is 20.3 Å². The van der Waals surface area contributed by atoms with Crippen molar-refractivity contribution in [2.75, 3.05) is 0 Å². The van der Waals surface area contributed by atoms with Crippen molar-refractivity contribution in [2.45, 2.75) is 26.4 Å². The first-order chi connectivity index (χ1) is 3.72. The molecule has 2 heteroatoms. The van der Waals surface area contributed by atoms with Crippen LogP contribution in [0, 0.1) is 11.3 Å². The Morgan fingerprint density at radius 3 is 2.25 bits per heavy atom. The molecule has 0 saturated heterocycles. The van der Waals surface area contributed by atoms with Gasteiger partial charge in [-0.05, 0) is 13.3 Å². The SMILES string of the molecule is CC[C@H](C=N)C(C)O. The van der Waals surface area contributed by atoms with Crippen molar-refractivity contribution >= 4 is 6.21 Å². The molecule has 0 aromatic heterocycles. The van der Waals surface area contributed by atoms with Crippen LogP contribution in [-0.4, -0.2) is 17.4 Å². The molecule has 0 spiro atoms. The number of hydrogen-bond donors (Lipinski definition) is 2. The maximum absolute atomic E-state index is 8.86. The maximum Gasteiger partial charge on any atom is 0.0589 e. The summed E-state index contributed by atoms with van der Waals surface area (Å²) in [6.07, 6.45) is 1.78. The average Bonchev–Trinajstić information content (AvgIpc) is 1.69. The quantitative estimate of drug-likeness (QED) is 0.530. The first-order valence-electron chi connectivity index (χ1n) is 2.91. The summed E-state index contributed by atoms with van der Waals surface area (Å²) >= 11 is 0. The van der Waals surface area contributed by atoms with Gasteiger partial charge in [0.15, 0.2) is 0 Å². The van der Waals surface area contributed by atoms with Crippen LogP contribution in [-0.2, 0) is 0 Å². The first kappa shape index (κ1) is 7.63. The van der Waals surface area contributed by atoms with Gasteiger partial charge in [0.05, 0.1) is 6.10 Å². The molecule has 0 saturated carbocycles. The molecule has 1 unspecified atom stereocenters. The summed E-state index contributed by atoms with van der Waals surface area (Å²) in [7, 11) is 0. The van der Waals surface area contributed by atoms with Crippen molar-refractivity contribution in [1.82, 2.24) is 0 Å². The van der Waals surface area contributed by atoms with Crippen molar-refractivity contribution in [3.63, 3.8) is 0 Å². The monoisotopic (exact) mass is 115 g/mol. The number of rotatable bonds is 3. The molecule has 0 aromatic rings. The Balaban J connectivity index is 3.51. The molecule has 8 heavy (non-hydrogen) atoms. The van der Waals surface area contributed by atoms with Gasteiger partial charge in [0, 0.05) is 12.1 Å². The molecule has 2 atom stereocenters. The minimum Gasteiger partial charge on any atom is -0.393 e. The molecule has 48 valence electrons. The van der Waals surface area contributed by atoms with Crippen molar-refractivity contribution in [3.05, 3.63) is 0 Å². The van der Waals surface area contributed by atoms with Crippen molar-refractivity contribution in [1.29, 1.82) is 5.41 Å². The van der Waals surface area contributed by atoms with Gasteiger partial charge < -0.3 is 10.5 Å². The van der Waals surface area contributed by atoms with E-state index in [2.05, 4.69) is 0 Å². The van der Waals surface area contributed by atoms with E-state index in [0.717, 1.165) is 6.42 Å². The van der Waals surface area contributed by atoms with Crippen LogP contribution < -0.4 is 0 Å². The van der Waals surface area contributed by atoms with Crippen molar-refractivity contribution in [3.8, 4) is 0 Å². The number of aliphatic hydroxyl groups excluding tert-OH is 1. The van der Waals surface area contributed by atoms with E-state index in [0.29, 0.717) is 0 Å². The largest absolute Gasteiger partial charge is 0.393 e. The van der Waals surface area contributed by atoms with Gasteiger partial charge in [-0.2, -0.15) is 0 Å². The van der Waals surface area contributed by atoms with Crippen LogP contribution in [0.2, 0.25) is 0 Å². The highest BCUT2D eigenvalue weighted by Gasteiger charge is 2.07. The van der Waals surface area contributed by atoms with E-state index in [-0.39, 0.29) is 12.0 Å². The predicted molar refractivity (Wildman–Crippen MR) is 34.2 cm³/mol. The Kier molecular flexibility index (Phi) is 3.44. The molecule has 0 aliphatic heterocycles. The van der Waals surface area contributed by atoms with Crippen LogP contribution in [0.5, 0.6) is 0 Å². The summed E-state index contributed by atoms with van der Waals surface area (Å²) in [5.41, 5.74) is 0. The standard InChI is InChI=1S/C6H13NO/c1-3-6(4-7)5(2)8/h4-8H,3H2,1-2H3/t5?,6-/m1/s1. The molecular formula is C6H13NO. The second kappa shape index (κ2) is 3.61. The molecular weight excluding hydrogens is 102 g/mol. The highest BCUT2D eigenvalue weighted by molar-refractivity contribution is 5.57. The zero-order chi connectivity index (χ0) is 6.57. The van der Waals surface area contributed by atoms with E-state index < -0.39 is 0 Å². The Bertz CT molecular complexity index is 70.9. The summed E-state index contributed by atoms with van der Waals surface area (Å²) in [5, 5.41) is 15.7. The predicted octanol–water partition coefficient (Wildman–Crippen LogP) is 1.04. The van der Waals surface area contributed by atoms with Crippen LogP contribution in [0.15, 0.2) is 0 Å². The number of hydrogen-bond acceptors (Lipinski definition) is 2. The summed E-state index contributed by atoms with van der Waals surface area (Å²) in [6.45, 7) is 3.67. The molecule has 0 heterocycles. The summed E-state index contributed by atoms with van der Waals surface area (Å²) < 4.78 is 0. The van der Waals surface area contributed by atoms with Gasteiger partial charge in [0.2, 0.25) is 0 Å². The van der Waals surface area contributed by atoms with E-state index in [1.54, 1.807) is 6.92 Å². The summed E-state index contributed by atoms with van der Waals surface area (Å²) in [4.78, 5) is 0. The van der Waals surface area contributed by atoms with Crippen molar-refractivity contribution < 1.29 is 5.11 Å². The molecule has 0 bridgehead atoms. The van der Waals surface area contributed by atoms with E-state index in [1.807, 2.05) is 6.92 Å². The number of aliphatic hydroxyl groups is 1. The van der Waals surface area contributed by atoms with Crippen LogP contribution in [0.3, 0.4) is 0 Å². The van der Waals surface area contributed by atoms with E-state index in [4.69, 9.17) is 10.5 Å². The van der Waals surface area contributed by atoms with Gasteiger partial charge >= 0.3 is 0 Å². The fraction of sp³-hybridized carbons (Fsp3) is 0.833. The Labute approximate surface area is 50.0 Å². The Morgan fingerprint density at radius 2 is 2.25 bits per heavy atom. The lowest BCUT2D eigenvalue weighted by molar-refractivity contribution is 0.157. The van der Waals surface area contributed by atoms with Crippen LogP contribution >= 0.6 is 0 Å². The fourth-order valence-electron chi connectivity index (χ4n) is 0.598. The first-order valence-corrected chi connectivity index (χ1v) is 2.91. The average molecular weight is 115 g/mol.